The van der Waals surface area contributed by atoms with Gasteiger partial charge in [0.2, 0.25) is 15.0 Å². The van der Waals surface area contributed by atoms with Crippen molar-refractivity contribution in [2.24, 2.45) is 4.40 Å². The number of sulfonamides is 1. The first-order valence-corrected chi connectivity index (χ1v) is 11.6. The molecule has 2 aromatic carbocycles. The smallest absolute Gasteiger partial charge is 0.329 e. The van der Waals surface area contributed by atoms with E-state index >= 15 is 0 Å². The van der Waals surface area contributed by atoms with Crippen LogP contribution >= 0.6 is 23.2 Å². The summed E-state index contributed by atoms with van der Waals surface area (Å²) in [4.78, 5) is 0. The van der Waals surface area contributed by atoms with Crippen molar-refractivity contribution in [3.63, 3.8) is 0 Å². The van der Waals surface area contributed by atoms with Crippen LogP contribution in [0.25, 0.3) is 0 Å². The summed E-state index contributed by atoms with van der Waals surface area (Å²) in [5.41, 5.74) is -1.13. The number of hydrogen-bond acceptors (Lipinski definition) is 5. The summed E-state index contributed by atoms with van der Waals surface area (Å²) in [7, 11) is -9.10. The first-order chi connectivity index (χ1) is 13.3. The van der Waals surface area contributed by atoms with E-state index in [1.54, 1.807) is 0 Å². The lowest BCUT2D eigenvalue weighted by Crippen LogP contribution is -2.32. The Kier molecular flexibility index (Phi) is 5.63. The molecule has 1 aliphatic heterocycles. The van der Waals surface area contributed by atoms with E-state index in [4.69, 9.17) is 23.2 Å². The van der Waals surface area contributed by atoms with Crippen LogP contribution < -0.4 is 5.32 Å². The van der Waals surface area contributed by atoms with Crippen LogP contribution in [0.2, 0.25) is 10.0 Å². The monoisotopic (exact) mass is 486 g/mol. The summed E-state index contributed by atoms with van der Waals surface area (Å²) in [5, 5.41) is 1.50. The number of amidine groups is 1. The van der Waals surface area contributed by atoms with Crippen molar-refractivity contribution in [1.82, 2.24) is 0 Å². The number of benzene rings is 2. The molecule has 1 N–H and O–H groups in total. The molecule has 0 amide bonds. The van der Waals surface area contributed by atoms with Crippen molar-refractivity contribution in [2.75, 3.05) is 5.32 Å². The SMILES string of the molecule is O=S1(=O)N=C(Nc2cccc(Cl)c2Cl)S(=O)(=O)C1Cc1cccc(C(F)(F)F)c1. The molecule has 0 aromatic heterocycles. The number of hydrogen-bond donors (Lipinski definition) is 1. The van der Waals surface area contributed by atoms with Crippen LogP contribution in [0.3, 0.4) is 0 Å². The van der Waals surface area contributed by atoms with E-state index in [9.17, 15) is 30.0 Å². The summed E-state index contributed by atoms with van der Waals surface area (Å²) < 4.78 is 89.9. The molecule has 13 heteroatoms. The Balaban J connectivity index is 1.94. The van der Waals surface area contributed by atoms with Crippen LogP contribution in [0.1, 0.15) is 11.1 Å². The third-order valence-corrected chi connectivity index (χ3v) is 9.29. The van der Waals surface area contributed by atoms with Gasteiger partial charge in [0.1, 0.15) is 0 Å². The van der Waals surface area contributed by atoms with Gasteiger partial charge in [-0.15, -0.1) is 4.40 Å². The van der Waals surface area contributed by atoms with Crippen LogP contribution in [0.5, 0.6) is 0 Å². The molecule has 156 valence electrons. The lowest BCUT2D eigenvalue weighted by molar-refractivity contribution is -0.137. The molecular weight excluding hydrogens is 476 g/mol. The van der Waals surface area contributed by atoms with E-state index in [0.29, 0.717) is 6.07 Å². The molecule has 3 rings (SSSR count). The summed E-state index contributed by atoms with van der Waals surface area (Å²) in [5.74, 6) is 0. The number of alkyl halides is 3. The van der Waals surface area contributed by atoms with Crippen molar-refractivity contribution in [3.8, 4) is 0 Å². The van der Waals surface area contributed by atoms with Crippen molar-refractivity contribution >= 4 is 53.9 Å². The topological polar surface area (TPSA) is 92.7 Å². The Morgan fingerprint density at radius 3 is 2.34 bits per heavy atom. The second-order valence-corrected chi connectivity index (χ2v) is 10.9. The maximum absolute atomic E-state index is 12.9. The second-order valence-electron chi connectivity index (χ2n) is 6.01. The molecule has 1 unspecified atom stereocenters. The van der Waals surface area contributed by atoms with Gasteiger partial charge in [-0.25, -0.2) is 16.8 Å². The normalized spacial score (nSPS) is 20.3. The maximum Gasteiger partial charge on any atom is 0.416 e. The predicted octanol–water partition coefficient (Wildman–Crippen LogP) is 4.11. The van der Waals surface area contributed by atoms with E-state index < -0.39 is 47.8 Å². The molecule has 0 fully saturated rings. The Morgan fingerprint density at radius 2 is 1.69 bits per heavy atom. The first kappa shape index (κ1) is 21.9. The molecule has 29 heavy (non-hydrogen) atoms. The number of nitrogens with zero attached hydrogens (tertiary/aromatic N) is 1. The molecule has 0 aliphatic carbocycles. The highest BCUT2D eigenvalue weighted by atomic mass is 35.5. The van der Waals surface area contributed by atoms with E-state index in [0.717, 1.165) is 12.1 Å². The van der Waals surface area contributed by atoms with E-state index in [1.807, 2.05) is 0 Å². The molecule has 0 saturated heterocycles. The Morgan fingerprint density at radius 1 is 1.03 bits per heavy atom. The van der Waals surface area contributed by atoms with E-state index in [-0.39, 0.29) is 21.3 Å². The fraction of sp³-hybridized carbons (Fsp3) is 0.188. The van der Waals surface area contributed by atoms with Gasteiger partial charge < -0.3 is 5.32 Å². The number of rotatable bonds is 3. The zero-order valence-electron chi connectivity index (χ0n) is 14.1. The summed E-state index contributed by atoms with van der Waals surface area (Å²) >= 11 is 11.8. The van der Waals surface area contributed by atoms with Crippen LogP contribution in [-0.4, -0.2) is 26.6 Å². The number of nitrogens with one attached hydrogen (secondary N) is 1. The van der Waals surface area contributed by atoms with Gasteiger partial charge in [-0.05, 0) is 23.8 Å². The van der Waals surface area contributed by atoms with Crippen LogP contribution in [0.4, 0.5) is 18.9 Å². The van der Waals surface area contributed by atoms with Gasteiger partial charge in [-0.2, -0.15) is 13.2 Å². The van der Waals surface area contributed by atoms with Crippen molar-refractivity contribution < 1.29 is 30.0 Å². The fourth-order valence-electron chi connectivity index (χ4n) is 2.60. The minimum atomic E-state index is -4.66. The molecule has 6 nitrogen and oxygen atoms in total. The highest BCUT2D eigenvalue weighted by molar-refractivity contribution is 8.20. The highest BCUT2D eigenvalue weighted by Crippen LogP contribution is 2.34. The standard InChI is InChI=1S/C16H11Cl2F3N2O4S2/c17-11-5-2-6-12(14(11)18)22-15-23-29(26,27)13(28(15,24)25)8-9-3-1-4-10(7-9)16(19,20)21/h1-7,13H,8H2,(H,22,23). The average molecular weight is 487 g/mol. The van der Waals surface area contributed by atoms with Gasteiger partial charge in [0.05, 0.1) is 21.3 Å². The molecule has 2 aromatic rings. The summed E-state index contributed by atoms with van der Waals surface area (Å²) in [6.07, 6.45) is -5.36. The number of sulfone groups is 1. The van der Waals surface area contributed by atoms with Crippen molar-refractivity contribution in [1.29, 1.82) is 0 Å². The fourth-order valence-corrected chi connectivity index (χ4v) is 7.07. The lowest BCUT2D eigenvalue weighted by Gasteiger charge is -2.12. The Hall–Kier alpha value is -1.82. The Bertz CT molecular complexity index is 1210. The zero-order valence-corrected chi connectivity index (χ0v) is 17.3. The van der Waals surface area contributed by atoms with Crippen LogP contribution in [-0.2, 0) is 32.5 Å². The average Bonchev–Trinajstić information content (AvgIpc) is 2.78. The van der Waals surface area contributed by atoms with E-state index in [1.165, 1.54) is 24.3 Å². The van der Waals surface area contributed by atoms with Gasteiger partial charge >= 0.3 is 6.18 Å². The summed E-state index contributed by atoms with van der Waals surface area (Å²) in [6.45, 7) is 0. The number of halogens is 5. The third kappa shape index (κ3) is 4.37. The van der Waals surface area contributed by atoms with Gasteiger partial charge in [0, 0.05) is 6.42 Å². The van der Waals surface area contributed by atoms with Gasteiger partial charge in [-0.1, -0.05) is 47.5 Å². The molecular formula is C16H11Cl2F3N2O4S2. The second kappa shape index (κ2) is 7.46. The summed E-state index contributed by atoms with van der Waals surface area (Å²) in [6, 6.07) is 8.02. The molecule has 1 atom stereocenters. The quantitative estimate of drug-likeness (QED) is 0.704. The lowest BCUT2D eigenvalue weighted by atomic mass is 10.1. The molecule has 0 bridgehead atoms. The third-order valence-electron chi connectivity index (χ3n) is 4.01. The molecule has 0 spiro atoms. The Labute approximate surface area is 174 Å². The van der Waals surface area contributed by atoms with Gasteiger partial charge in [0.15, 0.2) is 4.58 Å². The van der Waals surface area contributed by atoms with Crippen molar-refractivity contribution in [2.45, 2.75) is 17.2 Å². The largest absolute Gasteiger partial charge is 0.416 e. The molecule has 1 heterocycles. The van der Waals surface area contributed by atoms with Crippen LogP contribution in [0.15, 0.2) is 46.9 Å². The van der Waals surface area contributed by atoms with Gasteiger partial charge in [-0.3, -0.25) is 0 Å². The van der Waals surface area contributed by atoms with E-state index in [2.05, 4.69) is 9.71 Å². The van der Waals surface area contributed by atoms with Gasteiger partial charge in [0.25, 0.3) is 10.0 Å². The number of anilines is 1. The minimum absolute atomic E-state index is 0.0106. The van der Waals surface area contributed by atoms with Crippen LogP contribution in [0, 0.1) is 0 Å². The molecule has 1 aliphatic rings. The van der Waals surface area contributed by atoms with Crippen molar-refractivity contribution in [3.05, 3.63) is 63.6 Å². The highest BCUT2D eigenvalue weighted by Gasteiger charge is 2.48. The maximum atomic E-state index is 12.9. The molecule has 0 radical (unpaired) electrons. The minimum Gasteiger partial charge on any atom is -0.329 e. The zero-order chi connectivity index (χ0) is 21.6. The first-order valence-electron chi connectivity index (χ1n) is 7.77. The predicted molar refractivity (Wildman–Crippen MR) is 104 cm³/mol. The molecule has 0 saturated carbocycles.